The molecule has 3 nitrogen and oxygen atoms in total. The zero-order valence-corrected chi connectivity index (χ0v) is 14.0. The van der Waals surface area contributed by atoms with E-state index in [1.165, 1.54) is 19.3 Å². The Bertz CT molecular complexity index is 312. The van der Waals surface area contributed by atoms with Gasteiger partial charge in [0.05, 0.1) is 11.9 Å². The maximum absolute atomic E-state index is 7.58. The Morgan fingerprint density at radius 1 is 1.35 bits per heavy atom. The van der Waals surface area contributed by atoms with E-state index in [2.05, 4.69) is 20.8 Å². The topological polar surface area (TPSA) is 59.1 Å². The molecule has 1 aliphatic carbocycles. The van der Waals surface area contributed by atoms with Gasteiger partial charge >= 0.3 is 0 Å². The normalized spacial score (nSPS) is 27.8. The van der Waals surface area contributed by atoms with Gasteiger partial charge in [0.2, 0.25) is 0 Å². The van der Waals surface area contributed by atoms with Gasteiger partial charge in [0.1, 0.15) is 0 Å². The first kappa shape index (κ1) is 17.5. The van der Waals surface area contributed by atoms with Crippen LogP contribution in [0.5, 0.6) is 0 Å². The van der Waals surface area contributed by atoms with E-state index >= 15 is 0 Å². The highest BCUT2D eigenvalue weighted by Gasteiger charge is 2.31. The van der Waals surface area contributed by atoms with E-state index in [9.17, 15) is 0 Å². The summed E-state index contributed by atoms with van der Waals surface area (Å²) in [6.07, 6.45) is 6.21. The van der Waals surface area contributed by atoms with Crippen molar-refractivity contribution in [3.05, 3.63) is 0 Å². The zero-order valence-electron chi connectivity index (χ0n) is 14.0. The maximum atomic E-state index is 7.58. The monoisotopic (exact) mass is 282 g/mol. The number of amidine groups is 1. The summed E-state index contributed by atoms with van der Waals surface area (Å²) in [4.78, 5) is 0. The Morgan fingerprint density at radius 2 is 2.00 bits per heavy atom. The molecule has 1 aliphatic rings. The van der Waals surface area contributed by atoms with Gasteiger partial charge in [-0.15, -0.1) is 0 Å². The lowest BCUT2D eigenvalue weighted by Crippen LogP contribution is -2.35. The van der Waals surface area contributed by atoms with E-state index in [0.29, 0.717) is 17.9 Å². The minimum Gasteiger partial charge on any atom is -0.387 e. The molecule has 0 aromatic rings. The van der Waals surface area contributed by atoms with Crippen LogP contribution >= 0.6 is 0 Å². The molecule has 0 aliphatic heterocycles. The molecule has 0 radical (unpaired) electrons. The summed E-state index contributed by atoms with van der Waals surface area (Å²) in [6, 6.07) is 0. The third-order valence-electron chi connectivity index (χ3n) is 4.97. The largest absolute Gasteiger partial charge is 0.387 e. The first-order valence-corrected chi connectivity index (χ1v) is 8.20. The molecule has 3 atom stereocenters. The quantitative estimate of drug-likeness (QED) is 0.417. The summed E-state index contributed by atoms with van der Waals surface area (Å²) >= 11 is 0. The number of hydrogen-bond donors (Lipinski definition) is 2. The molecule has 0 aromatic heterocycles. The van der Waals surface area contributed by atoms with Crippen LogP contribution in [0, 0.1) is 28.6 Å². The van der Waals surface area contributed by atoms with Gasteiger partial charge in [-0.05, 0) is 43.4 Å². The molecule has 0 amide bonds. The van der Waals surface area contributed by atoms with E-state index in [0.717, 1.165) is 25.4 Å². The van der Waals surface area contributed by atoms with Crippen molar-refractivity contribution < 1.29 is 4.74 Å². The van der Waals surface area contributed by atoms with Crippen molar-refractivity contribution in [2.45, 2.75) is 72.8 Å². The van der Waals surface area contributed by atoms with Gasteiger partial charge in [-0.2, -0.15) is 0 Å². The van der Waals surface area contributed by atoms with Crippen molar-refractivity contribution in [3.8, 4) is 0 Å². The van der Waals surface area contributed by atoms with Crippen LogP contribution in [0.1, 0.15) is 66.7 Å². The fourth-order valence-corrected chi connectivity index (χ4v) is 3.19. The van der Waals surface area contributed by atoms with Crippen molar-refractivity contribution in [1.29, 1.82) is 5.41 Å². The van der Waals surface area contributed by atoms with Crippen LogP contribution in [0.4, 0.5) is 0 Å². The van der Waals surface area contributed by atoms with Crippen LogP contribution in [0.15, 0.2) is 0 Å². The summed E-state index contributed by atoms with van der Waals surface area (Å²) in [5.41, 5.74) is 5.42. The molecular formula is C17H34N2O. The van der Waals surface area contributed by atoms with E-state index in [1.54, 1.807) is 0 Å². The van der Waals surface area contributed by atoms with Crippen LogP contribution in [-0.2, 0) is 4.74 Å². The number of rotatable bonds is 7. The third kappa shape index (κ3) is 5.08. The third-order valence-corrected chi connectivity index (χ3v) is 4.97. The minimum absolute atomic E-state index is 0.194. The van der Waals surface area contributed by atoms with Gasteiger partial charge in [-0.25, -0.2) is 0 Å². The molecule has 1 saturated carbocycles. The maximum Gasteiger partial charge on any atom is 0.0963 e. The van der Waals surface area contributed by atoms with Crippen molar-refractivity contribution in [2.75, 3.05) is 6.61 Å². The molecule has 0 heterocycles. The Hall–Kier alpha value is -0.570. The second-order valence-corrected chi connectivity index (χ2v) is 7.64. The molecule has 0 aromatic carbocycles. The lowest BCUT2D eigenvalue weighted by molar-refractivity contribution is -0.0404. The SMILES string of the molecule is CC1CCC(C(C)C)C(OCCCC(C)(C)C(=N)N)C1. The summed E-state index contributed by atoms with van der Waals surface area (Å²) in [7, 11) is 0. The van der Waals surface area contributed by atoms with E-state index < -0.39 is 0 Å². The van der Waals surface area contributed by atoms with Crippen LogP contribution in [0.2, 0.25) is 0 Å². The predicted molar refractivity (Wildman–Crippen MR) is 86.0 cm³/mol. The number of ether oxygens (including phenoxy) is 1. The number of nitrogens with two attached hydrogens (primary N) is 1. The molecule has 0 saturated heterocycles. The Balaban J connectivity index is 2.37. The fraction of sp³-hybridized carbons (Fsp3) is 0.941. The standard InChI is InChI=1S/C17H34N2O/c1-12(2)14-8-7-13(3)11-15(14)20-10-6-9-17(4,5)16(18)19/h12-15H,6-11H2,1-5H3,(H3,18,19). The van der Waals surface area contributed by atoms with E-state index in [4.69, 9.17) is 15.9 Å². The lowest BCUT2D eigenvalue weighted by Gasteiger charge is -2.37. The molecule has 20 heavy (non-hydrogen) atoms. The highest BCUT2D eigenvalue weighted by atomic mass is 16.5. The van der Waals surface area contributed by atoms with Gasteiger partial charge < -0.3 is 10.5 Å². The van der Waals surface area contributed by atoms with Crippen LogP contribution in [-0.4, -0.2) is 18.5 Å². The van der Waals surface area contributed by atoms with Gasteiger partial charge in [-0.1, -0.05) is 41.0 Å². The Kier molecular flexibility index (Phi) is 6.50. The fourth-order valence-electron chi connectivity index (χ4n) is 3.19. The summed E-state index contributed by atoms with van der Waals surface area (Å²) < 4.78 is 6.19. The molecule has 118 valence electrons. The molecule has 3 unspecified atom stereocenters. The molecule has 3 N–H and O–H groups in total. The van der Waals surface area contributed by atoms with Crippen molar-refractivity contribution in [3.63, 3.8) is 0 Å². The highest BCUT2D eigenvalue weighted by Crippen LogP contribution is 2.35. The minimum atomic E-state index is -0.194. The highest BCUT2D eigenvalue weighted by molar-refractivity contribution is 5.82. The van der Waals surface area contributed by atoms with Crippen LogP contribution in [0.3, 0.4) is 0 Å². The van der Waals surface area contributed by atoms with Gasteiger partial charge in [0.15, 0.2) is 0 Å². The predicted octanol–water partition coefficient (Wildman–Crippen LogP) is 4.21. The zero-order chi connectivity index (χ0) is 15.3. The van der Waals surface area contributed by atoms with Crippen LogP contribution < -0.4 is 5.73 Å². The van der Waals surface area contributed by atoms with Gasteiger partial charge in [-0.3, -0.25) is 5.41 Å². The molecule has 1 rings (SSSR count). The average molecular weight is 282 g/mol. The molecular weight excluding hydrogens is 248 g/mol. The van der Waals surface area contributed by atoms with Crippen molar-refractivity contribution in [2.24, 2.45) is 28.9 Å². The Labute approximate surface area is 125 Å². The summed E-state index contributed by atoms with van der Waals surface area (Å²) in [6.45, 7) is 11.8. The van der Waals surface area contributed by atoms with Gasteiger partial charge in [0, 0.05) is 12.0 Å². The molecule has 0 bridgehead atoms. The first-order chi connectivity index (χ1) is 9.24. The van der Waals surface area contributed by atoms with Gasteiger partial charge in [0.25, 0.3) is 0 Å². The van der Waals surface area contributed by atoms with Crippen molar-refractivity contribution >= 4 is 5.84 Å². The average Bonchev–Trinajstić information content (AvgIpc) is 2.34. The molecule has 3 heteroatoms. The lowest BCUT2D eigenvalue weighted by atomic mass is 9.75. The smallest absolute Gasteiger partial charge is 0.0963 e. The first-order valence-electron chi connectivity index (χ1n) is 8.20. The summed E-state index contributed by atoms with van der Waals surface area (Å²) in [5, 5.41) is 7.58. The van der Waals surface area contributed by atoms with Crippen molar-refractivity contribution in [1.82, 2.24) is 0 Å². The van der Waals surface area contributed by atoms with Crippen LogP contribution in [0.25, 0.3) is 0 Å². The number of hydrogen-bond acceptors (Lipinski definition) is 2. The molecule has 0 spiro atoms. The Morgan fingerprint density at radius 3 is 2.55 bits per heavy atom. The second-order valence-electron chi connectivity index (χ2n) is 7.64. The van der Waals surface area contributed by atoms with E-state index in [-0.39, 0.29) is 11.3 Å². The second kappa shape index (κ2) is 7.44. The summed E-state index contributed by atoms with van der Waals surface area (Å²) in [5.74, 6) is 2.50. The molecule has 1 fully saturated rings. The van der Waals surface area contributed by atoms with E-state index in [1.807, 2.05) is 13.8 Å². The number of nitrogens with one attached hydrogen (secondary N) is 1.